The molecule has 0 spiro atoms. The van der Waals surface area contributed by atoms with Gasteiger partial charge in [-0.3, -0.25) is 4.79 Å². The van der Waals surface area contributed by atoms with E-state index in [-0.39, 0.29) is 17.9 Å². The third-order valence-electron chi connectivity index (χ3n) is 3.73. The molecule has 1 aromatic rings. The molecule has 2 rings (SSSR count). The second-order valence-electron chi connectivity index (χ2n) is 5.13. The smallest absolute Gasteiger partial charge is 0.227 e. The van der Waals surface area contributed by atoms with Crippen molar-refractivity contribution < 1.29 is 13.6 Å². The van der Waals surface area contributed by atoms with Crippen molar-refractivity contribution in [3.05, 3.63) is 35.4 Å². The van der Waals surface area contributed by atoms with Crippen LogP contribution < -0.4 is 0 Å². The lowest BCUT2D eigenvalue weighted by Gasteiger charge is -2.37. The van der Waals surface area contributed by atoms with Crippen LogP contribution in [0.4, 0.5) is 8.78 Å². The molecule has 2 nitrogen and oxygen atoms in total. The number of carbonyl (C=O) groups is 1. The summed E-state index contributed by atoms with van der Waals surface area (Å²) in [5.41, 5.74) is 0.263. The third-order valence-corrected chi connectivity index (χ3v) is 4.29. The average Bonchev–Trinajstić information content (AvgIpc) is 2.35. The highest BCUT2D eigenvalue weighted by atomic mass is 79.9. The molecule has 0 saturated heterocycles. The van der Waals surface area contributed by atoms with Gasteiger partial charge in [-0.05, 0) is 37.3 Å². The fourth-order valence-electron chi connectivity index (χ4n) is 2.37. The van der Waals surface area contributed by atoms with Crippen LogP contribution in [0.15, 0.2) is 18.2 Å². The highest BCUT2D eigenvalue weighted by Gasteiger charge is 2.28. The van der Waals surface area contributed by atoms with Crippen LogP contribution in [0, 0.1) is 11.6 Å². The Bertz CT molecular complexity index is 477. The van der Waals surface area contributed by atoms with Gasteiger partial charge < -0.3 is 4.90 Å². The molecule has 20 heavy (non-hydrogen) atoms. The summed E-state index contributed by atoms with van der Waals surface area (Å²) in [6.07, 6.45) is 4.09. The average molecular weight is 346 g/mol. The van der Waals surface area contributed by atoms with E-state index in [0.717, 1.165) is 37.1 Å². The van der Waals surface area contributed by atoms with Crippen LogP contribution in [-0.4, -0.2) is 28.7 Å². The molecule has 1 amide bonds. The summed E-state index contributed by atoms with van der Waals surface area (Å²) in [5, 5.41) is 0.842. The van der Waals surface area contributed by atoms with Crippen molar-refractivity contribution in [1.29, 1.82) is 0 Å². The normalized spacial score (nSPS) is 14.9. The van der Waals surface area contributed by atoms with E-state index in [4.69, 9.17) is 0 Å². The van der Waals surface area contributed by atoms with Crippen LogP contribution in [0.3, 0.4) is 0 Å². The number of halogens is 3. The number of benzene rings is 1. The number of hydrogen-bond acceptors (Lipinski definition) is 1. The van der Waals surface area contributed by atoms with Crippen molar-refractivity contribution in [2.24, 2.45) is 0 Å². The molecule has 0 aliphatic heterocycles. The monoisotopic (exact) mass is 345 g/mol. The van der Waals surface area contributed by atoms with Crippen molar-refractivity contribution in [3.63, 3.8) is 0 Å². The predicted octanol–water partition coefficient (Wildman–Crippen LogP) is 3.67. The molecular weight excluding hydrogens is 328 g/mol. The van der Waals surface area contributed by atoms with Gasteiger partial charge in [0.15, 0.2) is 0 Å². The quantitative estimate of drug-likeness (QED) is 0.720. The second kappa shape index (κ2) is 7.16. The first kappa shape index (κ1) is 15.4. The highest BCUT2D eigenvalue weighted by molar-refractivity contribution is 9.09. The van der Waals surface area contributed by atoms with Gasteiger partial charge in [-0.1, -0.05) is 22.0 Å². The maximum absolute atomic E-state index is 13.6. The van der Waals surface area contributed by atoms with Crippen molar-refractivity contribution in [1.82, 2.24) is 4.90 Å². The topological polar surface area (TPSA) is 20.3 Å². The number of hydrogen-bond donors (Lipinski definition) is 0. The van der Waals surface area contributed by atoms with Crippen LogP contribution in [-0.2, 0) is 11.2 Å². The van der Waals surface area contributed by atoms with E-state index in [2.05, 4.69) is 15.9 Å². The fraction of sp³-hybridized carbons (Fsp3) is 0.533. The standard InChI is InChI=1S/C15H18BrF2NO/c16-7-2-8-19(13-3-1-4-13)15(20)9-11-5-6-12(17)10-14(11)18/h5-6,10,13H,1-4,7-9H2. The Hall–Kier alpha value is -0.970. The Kier molecular flexibility index (Phi) is 5.52. The molecule has 1 aromatic carbocycles. The summed E-state index contributed by atoms with van der Waals surface area (Å²) in [6.45, 7) is 0.692. The van der Waals surface area contributed by atoms with Crippen molar-refractivity contribution >= 4 is 21.8 Å². The minimum atomic E-state index is -0.646. The minimum Gasteiger partial charge on any atom is -0.339 e. The zero-order valence-corrected chi connectivity index (χ0v) is 12.8. The molecule has 0 N–H and O–H groups in total. The zero-order chi connectivity index (χ0) is 14.5. The molecule has 1 aliphatic rings. The summed E-state index contributed by atoms with van der Waals surface area (Å²) in [5.74, 6) is -1.33. The van der Waals surface area contributed by atoms with Crippen LogP contribution in [0.1, 0.15) is 31.2 Å². The van der Waals surface area contributed by atoms with Crippen LogP contribution in [0.25, 0.3) is 0 Å². The predicted molar refractivity (Wildman–Crippen MR) is 77.8 cm³/mol. The number of nitrogens with zero attached hydrogens (tertiary/aromatic N) is 1. The Balaban J connectivity index is 2.03. The Morgan fingerprint density at radius 1 is 1.35 bits per heavy atom. The number of alkyl halides is 1. The van der Waals surface area contributed by atoms with E-state index in [1.54, 1.807) is 0 Å². The van der Waals surface area contributed by atoms with Gasteiger partial charge in [0.2, 0.25) is 5.91 Å². The fourth-order valence-corrected chi connectivity index (χ4v) is 2.62. The van der Waals surface area contributed by atoms with E-state index in [9.17, 15) is 13.6 Å². The Morgan fingerprint density at radius 2 is 2.10 bits per heavy atom. The maximum Gasteiger partial charge on any atom is 0.227 e. The van der Waals surface area contributed by atoms with Crippen LogP contribution >= 0.6 is 15.9 Å². The summed E-state index contributed by atoms with van der Waals surface area (Å²) in [6, 6.07) is 3.67. The lowest BCUT2D eigenvalue weighted by atomic mass is 9.91. The largest absolute Gasteiger partial charge is 0.339 e. The Morgan fingerprint density at radius 3 is 2.65 bits per heavy atom. The van der Waals surface area contributed by atoms with Gasteiger partial charge in [0.25, 0.3) is 0 Å². The van der Waals surface area contributed by atoms with Crippen molar-refractivity contribution in [2.45, 2.75) is 38.1 Å². The summed E-state index contributed by atoms with van der Waals surface area (Å²) in [7, 11) is 0. The van der Waals surface area contributed by atoms with E-state index in [1.165, 1.54) is 12.1 Å². The molecule has 5 heteroatoms. The van der Waals surface area contributed by atoms with Crippen molar-refractivity contribution in [2.75, 3.05) is 11.9 Å². The van der Waals surface area contributed by atoms with Gasteiger partial charge in [0.1, 0.15) is 11.6 Å². The third kappa shape index (κ3) is 3.78. The molecular formula is C15H18BrF2NO. The zero-order valence-electron chi connectivity index (χ0n) is 11.2. The first-order valence-corrected chi connectivity index (χ1v) is 8.03. The number of rotatable bonds is 6. The molecule has 0 unspecified atom stereocenters. The number of amides is 1. The molecule has 1 saturated carbocycles. The lowest BCUT2D eigenvalue weighted by Crippen LogP contribution is -2.45. The second-order valence-corrected chi connectivity index (χ2v) is 5.92. The van der Waals surface area contributed by atoms with E-state index in [0.29, 0.717) is 12.6 Å². The molecule has 0 aromatic heterocycles. The molecule has 110 valence electrons. The van der Waals surface area contributed by atoms with Gasteiger partial charge in [-0.2, -0.15) is 0 Å². The summed E-state index contributed by atoms with van der Waals surface area (Å²) >= 11 is 3.36. The van der Waals surface area contributed by atoms with E-state index in [1.807, 2.05) is 4.90 Å². The van der Waals surface area contributed by atoms with Gasteiger partial charge in [-0.25, -0.2) is 8.78 Å². The first-order valence-electron chi connectivity index (χ1n) is 6.91. The summed E-state index contributed by atoms with van der Waals surface area (Å²) in [4.78, 5) is 14.2. The lowest BCUT2D eigenvalue weighted by molar-refractivity contribution is -0.134. The molecule has 1 aliphatic carbocycles. The molecule has 0 heterocycles. The van der Waals surface area contributed by atoms with Gasteiger partial charge in [0.05, 0.1) is 6.42 Å². The van der Waals surface area contributed by atoms with E-state index < -0.39 is 11.6 Å². The van der Waals surface area contributed by atoms with Crippen LogP contribution in [0.5, 0.6) is 0 Å². The van der Waals surface area contributed by atoms with Crippen LogP contribution in [0.2, 0.25) is 0 Å². The van der Waals surface area contributed by atoms with E-state index >= 15 is 0 Å². The van der Waals surface area contributed by atoms with Gasteiger partial charge in [0, 0.05) is 24.0 Å². The van der Waals surface area contributed by atoms with Gasteiger partial charge in [-0.15, -0.1) is 0 Å². The molecule has 0 radical (unpaired) electrons. The first-order chi connectivity index (χ1) is 9.61. The number of carbonyl (C=O) groups excluding carboxylic acids is 1. The van der Waals surface area contributed by atoms with Gasteiger partial charge >= 0.3 is 0 Å². The SMILES string of the molecule is O=C(Cc1ccc(F)cc1F)N(CCCBr)C1CCC1. The van der Waals surface area contributed by atoms with Crippen molar-refractivity contribution in [3.8, 4) is 0 Å². The molecule has 1 fully saturated rings. The maximum atomic E-state index is 13.6. The summed E-state index contributed by atoms with van der Waals surface area (Å²) < 4.78 is 26.5. The minimum absolute atomic E-state index is 0.00486. The Labute approximate surface area is 126 Å². The molecule has 0 atom stereocenters. The molecule has 0 bridgehead atoms. The highest BCUT2D eigenvalue weighted by Crippen LogP contribution is 2.26.